The van der Waals surface area contributed by atoms with E-state index in [4.69, 9.17) is 5.73 Å². The summed E-state index contributed by atoms with van der Waals surface area (Å²) < 4.78 is 0. The van der Waals surface area contributed by atoms with Gasteiger partial charge in [-0.1, -0.05) is 43.3 Å². The molecule has 0 saturated carbocycles. The molecule has 0 aliphatic carbocycles. The van der Waals surface area contributed by atoms with Gasteiger partial charge in [-0.2, -0.15) is 0 Å². The molecule has 0 heterocycles. The molecule has 1 atom stereocenters. The minimum absolute atomic E-state index is 0.350. The summed E-state index contributed by atoms with van der Waals surface area (Å²) in [7, 11) is 0. The number of nitrogens with zero attached hydrogens (tertiary/aromatic N) is 1. The lowest BCUT2D eigenvalue weighted by Gasteiger charge is -2.31. The van der Waals surface area contributed by atoms with Crippen molar-refractivity contribution >= 4 is 11.4 Å². The number of hydrogen-bond donors (Lipinski definition) is 1. The Morgan fingerprint density at radius 1 is 1.05 bits per heavy atom. The van der Waals surface area contributed by atoms with E-state index in [2.05, 4.69) is 61.2 Å². The molecule has 0 amide bonds. The minimum Gasteiger partial charge on any atom is -0.399 e. The normalized spacial score (nSPS) is 12.1. The van der Waals surface area contributed by atoms with Crippen LogP contribution in [0.4, 0.5) is 11.4 Å². The summed E-state index contributed by atoms with van der Waals surface area (Å²) in [5.41, 5.74) is 9.25. The largest absolute Gasteiger partial charge is 0.399 e. The predicted octanol–water partition coefficient (Wildman–Crippen LogP) is 4.25. The first-order chi connectivity index (χ1) is 9.22. The first-order valence-corrected chi connectivity index (χ1v) is 6.89. The third kappa shape index (κ3) is 3.28. The summed E-state index contributed by atoms with van der Waals surface area (Å²) >= 11 is 0. The van der Waals surface area contributed by atoms with Gasteiger partial charge in [0.1, 0.15) is 0 Å². The van der Waals surface area contributed by atoms with Crippen LogP contribution < -0.4 is 10.6 Å². The molecule has 0 fully saturated rings. The van der Waals surface area contributed by atoms with Crippen molar-refractivity contribution in [3.63, 3.8) is 0 Å². The van der Waals surface area contributed by atoms with Crippen LogP contribution in [0.2, 0.25) is 0 Å². The van der Waals surface area contributed by atoms with Crippen LogP contribution in [0.25, 0.3) is 0 Å². The third-order valence-electron chi connectivity index (χ3n) is 3.42. The van der Waals surface area contributed by atoms with Crippen LogP contribution in [0.1, 0.15) is 31.9 Å². The van der Waals surface area contributed by atoms with Gasteiger partial charge >= 0.3 is 0 Å². The molecule has 0 aromatic heterocycles. The summed E-state index contributed by atoms with van der Waals surface area (Å²) in [5, 5.41) is 0. The molecule has 2 N–H and O–H groups in total. The Morgan fingerprint density at radius 2 is 1.79 bits per heavy atom. The Kier molecular flexibility index (Phi) is 4.45. The average Bonchev–Trinajstić information content (AvgIpc) is 2.45. The molecular weight excluding hydrogens is 232 g/mol. The zero-order valence-corrected chi connectivity index (χ0v) is 11.7. The standard InChI is InChI=1S/C17H22N2/c1-3-12-19(17-11-7-10-16(18)13-17)14(2)15-8-5-4-6-9-15/h4-11,13-14H,3,12,18H2,1-2H3. The maximum atomic E-state index is 5.90. The highest BCUT2D eigenvalue weighted by molar-refractivity contribution is 5.57. The van der Waals surface area contributed by atoms with Crippen molar-refractivity contribution in [1.82, 2.24) is 0 Å². The Hall–Kier alpha value is -1.96. The molecule has 0 radical (unpaired) electrons. The molecule has 2 nitrogen and oxygen atoms in total. The van der Waals surface area contributed by atoms with Crippen LogP contribution in [-0.4, -0.2) is 6.54 Å². The van der Waals surface area contributed by atoms with Gasteiger partial charge in [-0.15, -0.1) is 0 Å². The van der Waals surface area contributed by atoms with E-state index in [-0.39, 0.29) is 0 Å². The van der Waals surface area contributed by atoms with Crippen molar-refractivity contribution in [2.75, 3.05) is 17.2 Å². The summed E-state index contributed by atoms with van der Waals surface area (Å²) in [5.74, 6) is 0. The molecule has 0 aliphatic rings. The minimum atomic E-state index is 0.350. The highest BCUT2D eigenvalue weighted by Crippen LogP contribution is 2.28. The Morgan fingerprint density at radius 3 is 2.42 bits per heavy atom. The van der Waals surface area contributed by atoms with Gasteiger partial charge < -0.3 is 10.6 Å². The SMILES string of the molecule is CCCN(c1cccc(N)c1)C(C)c1ccccc1. The fourth-order valence-electron chi connectivity index (χ4n) is 2.40. The number of nitrogens with two attached hydrogens (primary N) is 1. The molecule has 0 saturated heterocycles. The van der Waals surface area contributed by atoms with E-state index in [1.165, 1.54) is 11.3 Å². The van der Waals surface area contributed by atoms with Crippen LogP contribution in [-0.2, 0) is 0 Å². The van der Waals surface area contributed by atoms with Crippen LogP contribution >= 0.6 is 0 Å². The van der Waals surface area contributed by atoms with Crippen molar-refractivity contribution in [3.8, 4) is 0 Å². The molecule has 0 bridgehead atoms. The maximum Gasteiger partial charge on any atom is 0.0514 e. The quantitative estimate of drug-likeness (QED) is 0.808. The second kappa shape index (κ2) is 6.28. The van der Waals surface area contributed by atoms with Crippen molar-refractivity contribution < 1.29 is 0 Å². The predicted molar refractivity (Wildman–Crippen MR) is 83.3 cm³/mol. The van der Waals surface area contributed by atoms with Crippen molar-refractivity contribution in [3.05, 3.63) is 60.2 Å². The molecule has 2 rings (SSSR count). The first-order valence-electron chi connectivity index (χ1n) is 6.89. The van der Waals surface area contributed by atoms with Gasteiger partial charge in [0.05, 0.1) is 6.04 Å². The fourth-order valence-corrected chi connectivity index (χ4v) is 2.40. The molecule has 2 aromatic rings. The monoisotopic (exact) mass is 254 g/mol. The van der Waals surface area contributed by atoms with E-state index in [1.807, 2.05) is 12.1 Å². The highest BCUT2D eigenvalue weighted by atomic mass is 15.2. The summed E-state index contributed by atoms with van der Waals surface area (Å²) in [6, 6.07) is 19.1. The lowest BCUT2D eigenvalue weighted by Crippen LogP contribution is -2.27. The van der Waals surface area contributed by atoms with Crippen molar-refractivity contribution in [2.45, 2.75) is 26.3 Å². The van der Waals surface area contributed by atoms with Gasteiger partial charge in [-0.3, -0.25) is 0 Å². The average molecular weight is 254 g/mol. The molecule has 2 heteroatoms. The third-order valence-corrected chi connectivity index (χ3v) is 3.42. The molecule has 0 spiro atoms. The Labute approximate surface area is 115 Å². The van der Waals surface area contributed by atoms with E-state index in [0.29, 0.717) is 6.04 Å². The van der Waals surface area contributed by atoms with Gasteiger partial charge in [-0.05, 0) is 37.1 Å². The number of rotatable bonds is 5. The van der Waals surface area contributed by atoms with Gasteiger partial charge in [0.25, 0.3) is 0 Å². The van der Waals surface area contributed by atoms with Gasteiger partial charge in [-0.25, -0.2) is 0 Å². The lowest BCUT2D eigenvalue weighted by atomic mass is 10.1. The van der Waals surface area contributed by atoms with E-state index in [1.54, 1.807) is 0 Å². The summed E-state index contributed by atoms with van der Waals surface area (Å²) in [4.78, 5) is 2.41. The maximum absolute atomic E-state index is 5.90. The summed E-state index contributed by atoms with van der Waals surface area (Å²) in [6.07, 6.45) is 1.12. The number of nitrogen functional groups attached to an aromatic ring is 1. The number of anilines is 2. The van der Waals surface area contributed by atoms with Gasteiger partial charge in [0.15, 0.2) is 0 Å². The molecule has 2 aromatic carbocycles. The van der Waals surface area contributed by atoms with Gasteiger partial charge in [0, 0.05) is 17.9 Å². The van der Waals surface area contributed by atoms with E-state index >= 15 is 0 Å². The highest BCUT2D eigenvalue weighted by Gasteiger charge is 2.15. The fraction of sp³-hybridized carbons (Fsp3) is 0.294. The number of hydrogen-bond acceptors (Lipinski definition) is 2. The molecule has 19 heavy (non-hydrogen) atoms. The van der Waals surface area contributed by atoms with Crippen LogP contribution in [0.5, 0.6) is 0 Å². The smallest absolute Gasteiger partial charge is 0.0514 e. The van der Waals surface area contributed by atoms with Crippen LogP contribution in [0.3, 0.4) is 0 Å². The summed E-state index contributed by atoms with van der Waals surface area (Å²) in [6.45, 7) is 5.48. The van der Waals surface area contributed by atoms with Crippen molar-refractivity contribution in [2.24, 2.45) is 0 Å². The molecule has 1 unspecified atom stereocenters. The first kappa shape index (κ1) is 13.5. The molecule has 100 valence electrons. The zero-order chi connectivity index (χ0) is 13.7. The number of benzene rings is 2. The topological polar surface area (TPSA) is 29.3 Å². The van der Waals surface area contributed by atoms with E-state index < -0.39 is 0 Å². The van der Waals surface area contributed by atoms with Gasteiger partial charge in [0.2, 0.25) is 0 Å². The zero-order valence-electron chi connectivity index (χ0n) is 11.7. The van der Waals surface area contributed by atoms with Crippen LogP contribution in [0, 0.1) is 0 Å². The molecule has 0 aliphatic heterocycles. The van der Waals surface area contributed by atoms with E-state index in [9.17, 15) is 0 Å². The second-order valence-corrected chi connectivity index (χ2v) is 4.88. The van der Waals surface area contributed by atoms with E-state index in [0.717, 1.165) is 18.7 Å². The molecular formula is C17H22N2. The lowest BCUT2D eigenvalue weighted by molar-refractivity contribution is 0.659. The van der Waals surface area contributed by atoms with Crippen molar-refractivity contribution in [1.29, 1.82) is 0 Å². The Bertz CT molecular complexity index is 508. The van der Waals surface area contributed by atoms with Crippen LogP contribution in [0.15, 0.2) is 54.6 Å². The second-order valence-electron chi connectivity index (χ2n) is 4.88. The Balaban J connectivity index is 2.30.